The summed E-state index contributed by atoms with van der Waals surface area (Å²) in [7, 11) is 1.84. The summed E-state index contributed by atoms with van der Waals surface area (Å²) < 4.78 is 7.94. The molecule has 0 radical (unpaired) electrons. The summed E-state index contributed by atoms with van der Waals surface area (Å²) in [5, 5.41) is 7.31. The maximum atomic E-state index is 13.1. The van der Waals surface area contributed by atoms with Gasteiger partial charge in [0.1, 0.15) is 5.82 Å². The average molecular weight is 510 g/mol. The van der Waals surface area contributed by atoms with E-state index >= 15 is 0 Å². The Bertz CT molecular complexity index is 1440. The number of aryl methyl sites for hydroxylation is 1. The highest BCUT2D eigenvalue weighted by Gasteiger charge is 2.30. The van der Waals surface area contributed by atoms with Crippen LogP contribution >= 0.6 is 0 Å². The van der Waals surface area contributed by atoms with Crippen molar-refractivity contribution in [2.75, 3.05) is 5.73 Å². The number of hydrogen-bond donors (Lipinski definition) is 2. The number of benzene rings is 2. The van der Waals surface area contributed by atoms with Gasteiger partial charge in [0, 0.05) is 36.1 Å². The van der Waals surface area contributed by atoms with Crippen LogP contribution in [0, 0.1) is 0 Å². The fraction of sp³-hybridized carbons (Fsp3) is 0.267. The summed E-state index contributed by atoms with van der Waals surface area (Å²) in [5.41, 5.74) is 12.0. The molecule has 2 aromatic carbocycles. The molecule has 2 atom stereocenters. The summed E-state index contributed by atoms with van der Waals surface area (Å²) >= 11 is 0. The minimum absolute atomic E-state index is 0.0591. The molecule has 38 heavy (non-hydrogen) atoms. The summed E-state index contributed by atoms with van der Waals surface area (Å²) in [6.07, 6.45) is 7.88. The van der Waals surface area contributed by atoms with E-state index in [-0.39, 0.29) is 29.7 Å². The van der Waals surface area contributed by atoms with Gasteiger partial charge in [-0.1, -0.05) is 48.5 Å². The van der Waals surface area contributed by atoms with Crippen LogP contribution in [-0.4, -0.2) is 38.6 Å². The predicted octanol–water partition coefficient (Wildman–Crippen LogP) is 4.80. The van der Waals surface area contributed by atoms with Gasteiger partial charge in [0.05, 0.1) is 30.5 Å². The molecular formula is C30H31N5O3. The number of nitrogens with zero attached hydrogens (tertiary/aromatic N) is 3. The van der Waals surface area contributed by atoms with Crippen LogP contribution in [-0.2, 0) is 18.4 Å². The molecule has 0 saturated heterocycles. The molecule has 1 saturated carbocycles. The largest absolute Gasteiger partial charge is 0.383 e. The standard InChI is InChI=1S/C30H31N5O3/c1-19(36)21-10-12-23(13-11-21)22-8-6-20(7-9-22)18-38-28-5-3-4-27(28)34-30(37)26-14-24(15-32-29(26)31)25-16-33-35(2)17-25/h6-17,27-28H,3-5,18H2,1-2H3,(H2,31,32)(H,34,37)/t27-,28-/m0/s1. The Morgan fingerprint density at radius 1 is 1.00 bits per heavy atom. The fourth-order valence-corrected chi connectivity index (χ4v) is 4.82. The van der Waals surface area contributed by atoms with E-state index in [9.17, 15) is 9.59 Å². The third-order valence-corrected chi connectivity index (χ3v) is 7.01. The lowest BCUT2D eigenvalue weighted by Crippen LogP contribution is -2.41. The predicted molar refractivity (Wildman–Crippen MR) is 146 cm³/mol. The number of nitrogen functional groups attached to an aromatic ring is 1. The molecule has 1 aliphatic carbocycles. The van der Waals surface area contributed by atoms with Crippen LogP contribution in [0.3, 0.4) is 0 Å². The molecule has 3 N–H and O–H groups in total. The highest BCUT2D eigenvalue weighted by Crippen LogP contribution is 2.26. The zero-order valence-corrected chi connectivity index (χ0v) is 21.6. The topological polar surface area (TPSA) is 112 Å². The molecule has 0 spiro atoms. The average Bonchev–Trinajstić information content (AvgIpc) is 3.56. The Morgan fingerprint density at radius 3 is 2.37 bits per heavy atom. The summed E-state index contributed by atoms with van der Waals surface area (Å²) in [5.74, 6) is 0.00635. The number of Topliss-reactive ketones (excluding diaryl/α,β-unsaturated/α-hetero) is 1. The number of rotatable bonds is 8. The molecule has 5 rings (SSSR count). The number of carbonyl (C=O) groups is 2. The first-order valence-electron chi connectivity index (χ1n) is 12.7. The van der Waals surface area contributed by atoms with E-state index in [0.29, 0.717) is 17.7 Å². The lowest BCUT2D eigenvalue weighted by molar-refractivity contribution is 0.0272. The minimum atomic E-state index is -0.249. The molecule has 8 heteroatoms. The summed E-state index contributed by atoms with van der Waals surface area (Å²) in [6.45, 7) is 2.03. The molecule has 2 aromatic heterocycles. The second kappa shape index (κ2) is 11.0. The van der Waals surface area contributed by atoms with Gasteiger partial charge in [-0.2, -0.15) is 5.10 Å². The Morgan fingerprint density at radius 2 is 1.71 bits per heavy atom. The quantitative estimate of drug-likeness (QED) is 0.330. The van der Waals surface area contributed by atoms with E-state index < -0.39 is 0 Å². The number of anilines is 1. The maximum absolute atomic E-state index is 13.1. The third-order valence-electron chi connectivity index (χ3n) is 7.01. The number of carbonyl (C=O) groups excluding carboxylic acids is 2. The number of amides is 1. The number of ether oxygens (including phenoxy) is 1. The van der Waals surface area contributed by atoms with E-state index in [2.05, 4.69) is 27.5 Å². The molecule has 1 amide bonds. The van der Waals surface area contributed by atoms with E-state index in [1.807, 2.05) is 49.6 Å². The number of nitrogens with two attached hydrogens (primary N) is 1. The number of aromatic nitrogens is 3. The second-order valence-electron chi connectivity index (χ2n) is 9.75. The van der Waals surface area contributed by atoms with Crippen molar-refractivity contribution in [1.29, 1.82) is 0 Å². The number of hydrogen-bond acceptors (Lipinski definition) is 6. The number of ketones is 1. The summed E-state index contributed by atoms with van der Waals surface area (Å²) in [4.78, 5) is 28.9. The minimum Gasteiger partial charge on any atom is -0.383 e. The highest BCUT2D eigenvalue weighted by atomic mass is 16.5. The summed E-state index contributed by atoms with van der Waals surface area (Å²) in [6, 6.07) is 17.5. The molecule has 2 heterocycles. The first-order chi connectivity index (χ1) is 18.4. The van der Waals surface area contributed by atoms with Crippen molar-refractivity contribution in [2.45, 2.75) is 44.9 Å². The fourth-order valence-electron chi connectivity index (χ4n) is 4.82. The molecule has 0 aliphatic heterocycles. The van der Waals surface area contributed by atoms with Crippen LogP contribution in [0.2, 0.25) is 0 Å². The molecular weight excluding hydrogens is 478 g/mol. The highest BCUT2D eigenvalue weighted by molar-refractivity contribution is 5.99. The Kier molecular flexibility index (Phi) is 7.33. The van der Waals surface area contributed by atoms with Gasteiger partial charge in [-0.15, -0.1) is 0 Å². The number of pyridine rings is 1. The molecule has 0 bridgehead atoms. The first kappa shape index (κ1) is 25.4. The zero-order chi connectivity index (χ0) is 26.6. The van der Waals surface area contributed by atoms with Crippen molar-refractivity contribution < 1.29 is 14.3 Å². The van der Waals surface area contributed by atoms with E-state index in [1.165, 1.54) is 0 Å². The SMILES string of the molecule is CC(=O)c1ccc(-c2ccc(CO[C@H]3CCC[C@@H]3NC(=O)c3cc(-c4cnn(C)c4)cnc3N)cc2)cc1. The molecule has 1 fully saturated rings. The van der Waals surface area contributed by atoms with Gasteiger partial charge < -0.3 is 15.8 Å². The lowest BCUT2D eigenvalue weighted by Gasteiger charge is -2.22. The third kappa shape index (κ3) is 5.65. The van der Waals surface area contributed by atoms with Crippen molar-refractivity contribution in [3.05, 3.63) is 89.9 Å². The van der Waals surface area contributed by atoms with Gasteiger partial charge in [-0.3, -0.25) is 14.3 Å². The Hall–Kier alpha value is -4.30. The van der Waals surface area contributed by atoms with Crippen molar-refractivity contribution in [1.82, 2.24) is 20.1 Å². The van der Waals surface area contributed by atoms with Crippen LogP contribution in [0.25, 0.3) is 22.3 Å². The molecule has 194 valence electrons. The zero-order valence-electron chi connectivity index (χ0n) is 21.6. The van der Waals surface area contributed by atoms with Crippen molar-refractivity contribution in [3.63, 3.8) is 0 Å². The van der Waals surface area contributed by atoms with Gasteiger partial charge in [0.15, 0.2) is 5.78 Å². The van der Waals surface area contributed by atoms with Crippen LogP contribution in [0.1, 0.15) is 52.5 Å². The van der Waals surface area contributed by atoms with E-state index in [1.54, 1.807) is 30.1 Å². The lowest BCUT2D eigenvalue weighted by atomic mass is 10.0. The van der Waals surface area contributed by atoms with Crippen molar-refractivity contribution in [3.8, 4) is 22.3 Å². The van der Waals surface area contributed by atoms with E-state index in [0.717, 1.165) is 47.1 Å². The van der Waals surface area contributed by atoms with Gasteiger partial charge in [-0.25, -0.2) is 4.98 Å². The van der Waals surface area contributed by atoms with Crippen LogP contribution in [0.4, 0.5) is 5.82 Å². The maximum Gasteiger partial charge on any atom is 0.255 e. The Balaban J connectivity index is 1.20. The van der Waals surface area contributed by atoms with Gasteiger partial charge in [0.25, 0.3) is 5.91 Å². The smallest absolute Gasteiger partial charge is 0.255 e. The molecule has 1 aliphatic rings. The Labute approximate surface area is 221 Å². The van der Waals surface area contributed by atoms with Crippen molar-refractivity contribution >= 4 is 17.5 Å². The number of nitrogens with one attached hydrogen (secondary N) is 1. The monoisotopic (exact) mass is 509 g/mol. The van der Waals surface area contributed by atoms with Gasteiger partial charge in [-0.05, 0) is 48.9 Å². The molecule has 4 aromatic rings. The van der Waals surface area contributed by atoms with Crippen LogP contribution in [0.15, 0.2) is 73.2 Å². The normalized spacial score (nSPS) is 16.9. The molecule has 0 unspecified atom stereocenters. The van der Waals surface area contributed by atoms with Crippen molar-refractivity contribution in [2.24, 2.45) is 7.05 Å². The van der Waals surface area contributed by atoms with Crippen LogP contribution < -0.4 is 11.1 Å². The van der Waals surface area contributed by atoms with Crippen LogP contribution in [0.5, 0.6) is 0 Å². The van der Waals surface area contributed by atoms with Gasteiger partial charge in [0.2, 0.25) is 0 Å². The van der Waals surface area contributed by atoms with Gasteiger partial charge >= 0.3 is 0 Å². The van der Waals surface area contributed by atoms with E-state index in [4.69, 9.17) is 10.5 Å². The first-order valence-corrected chi connectivity index (χ1v) is 12.7. The molecule has 8 nitrogen and oxygen atoms in total. The second-order valence-corrected chi connectivity index (χ2v) is 9.75.